The van der Waals surface area contributed by atoms with Gasteiger partial charge < -0.3 is 14.8 Å². The van der Waals surface area contributed by atoms with Gasteiger partial charge in [-0.25, -0.2) is 9.78 Å². The summed E-state index contributed by atoms with van der Waals surface area (Å²) in [4.78, 5) is 54.7. The molecule has 146 valence electrons. The van der Waals surface area contributed by atoms with Gasteiger partial charge in [-0.15, -0.1) is 0 Å². The van der Waals surface area contributed by atoms with Crippen LogP contribution in [0.2, 0.25) is 0 Å². The van der Waals surface area contributed by atoms with Crippen molar-refractivity contribution in [1.82, 2.24) is 19.1 Å². The van der Waals surface area contributed by atoms with E-state index in [9.17, 15) is 29.4 Å². The van der Waals surface area contributed by atoms with Gasteiger partial charge in [0.05, 0.1) is 17.7 Å². The number of carboxylic acids is 2. The fourth-order valence-corrected chi connectivity index (χ4v) is 4.41. The second-order valence-corrected chi connectivity index (χ2v) is 7.95. The third-order valence-electron chi connectivity index (χ3n) is 6.55. The summed E-state index contributed by atoms with van der Waals surface area (Å²) >= 11 is 0. The van der Waals surface area contributed by atoms with Gasteiger partial charge in [0.1, 0.15) is 0 Å². The van der Waals surface area contributed by atoms with Crippen molar-refractivity contribution in [3.63, 3.8) is 0 Å². The van der Waals surface area contributed by atoms with Crippen molar-refractivity contribution in [2.75, 3.05) is 0 Å². The number of hydrogen-bond donors (Lipinski definition) is 3. The van der Waals surface area contributed by atoms with E-state index in [0.29, 0.717) is 0 Å². The molecule has 27 heavy (non-hydrogen) atoms. The first-order chi connectivity index (χ1) is 12.4. The second kappa shape index (κ2) is 5.80. The van der Waals surface area contributed by atoms with E-state index in [0.717, 1.165) is 0 Å². The van der Waals surface area contributed by atoms with Crippen LogP contribution in [0.25, 0.3) is 11.2 Å². The van der Waals surface area contributed by atoms with E-state index in [-0.39, 0.29) is 24.1 Å². The van der Waals surface area contributed by atoms with Crippen LogP contribution in [0.4, 0.5) is 0 Å². The van der Waals surface area contributed by atoms with Crippen LogP contribution in [0.5, 0.6) is 0 Å². The number of aliphatic carboxylic acids is 2. The maximum Gasteiger partial charge on any atom is 0.330 e. The van der Waals surface area contributed by atoms with Crippen LogP contribution in [-0.2, 0) is 23.2 Å². The predicted molar refractivity (Wildman–Crippen MR) is 94.4 cm³/mol. The number of fused-ring (bicyclic) bond motifs is 1. The van der Waals surface area contributed by atoms with Gasteiger partial charge in [-0.05, 0) is 24.7 Å². The summed E-state index contributed by atoms with van der Waals surface area (Å²) in [6, 6.07) is 0. The van der Waals surface area contributed by atoms with Crippen LogP contribution < -0.4 is 11.2 Å². The lowest BCUT2D eigenvalue weighted by Gasteiger charge is -2.39. The molecule has 0 aromatic carbocycles. The lowest BCUT2D eigenvalue weighted by atomic mass is 9.63. The average Bonchev–Trinajstić information content (AvgIpc) is 3.02. The molecule has 3 unspecified atom stereocenters. The normalized spacial score (nSPS) is 27.1. The average molecular weight is 378 g/mol. The predicted octanol–water partition coefficient (Wildman–Crippen LogP) is 0.261. The van der Waals surface area contributed by atoms with Crippen LogP contribution in [0.15, 0.2) is 15.9 Å². The molecule has 10 nitrogen and oxygen atoms in total. The Morgan fingerprint density at radius 1 is 1.30 bits per heavy atom. The molecule has 3 atom stereocenters. The molecule has 10 heteroatoms. The molecule has 0 radical (unpaired) electrons. The summed E-state index contributed by atoms with van der Waals surface area (Å²) in [5.74, 6) is -3.69. The summed E-state index contributed by atoms with van der Waals surface area (Å²) in [5.41, 5.74) is -3.36. The Bertz CT molecular complexity index is 1060. The van der Waals surface area contributed by atoms with Crippen molar-refractivity contribution >= 4 is 23.1 Å². The SMILES string of the molecule is Cn1cnc2c1c(=O)[nH]c(=O)n2CC1CC(C(=O)O)C(C)(C)C1(C)C(=O)O. The Labute approximate surface area is 153 Å². The van der Waals surface area contributed by atoms with E-state index in [1.165, 1.54) is 22.4 Å². The number of carboxylic acid groups (broad SMARTS) is 2. The maximum atomic E-state index is 12.4. The molecule has 3 N–H and O–H groups in total. The molecule has 0 saturated heterocycles. The van der Waals surface area contributed by atoms with Crippen molar-refractivity contribution < 1.29 is 19.8 Å². The number of nitrogens with one attached hydrogen (secondary N) is 1. The largest absolute Gasteiger partial charge is 0.481 e. The van der Waals surface area contributed by atoms with E-state index < -0.39 is 45.9 Å². The first kappa shape index (κ1) is 18.9. The molecular formula is C17H22N4O6. The number of rotatable bonds is 4. The Morgan fingerprint density at radius 2 is 1.93 bits per heavy atom. The van der Waals surface area contributed by atoms with Crippen molar-refractivity contribution in [2.45, 2.75) is 33.7 Å². The first-order valence-corrected chi connectivity index (χ1v) is 8.53. The monoisotopic (exact) mass is 378 g/mol. The maximum absolute atomic E-state index is 12.4. The molecule has 3 rings (SSSR count). The highest BCUT2D eigenvalue weighted by Crippen LogP contribution is 2.59. The third kappa shape index (κ3) is 2.42. The standard InChI is InChI=1S/C17H22N4O6/c1-16(2)9(13(23)24)5-8(17(16,3)14(25)26)6-21-11-10(20(4)7-18-11)12(22)19-15(21)27/h7-9H,5-6H2,1-4H3,(H,23,24)(H,25,26)(H,19,22,27). The number of carbonyl (C=O) groups is 2. The first-order valence-electron chi connectivity index (χ1n) is 8.53. The van der Waals surface area contributed by atoms with Crippen LogP contribution >= 0.6 is 0 Å². The van der Waals surface area contributed by atoms with E-state index in [1.54, 1.807) is 20.9 Å². The zero-order chi connectivity index (χ0) is 20.3. The number of aryl methyl sites for hydroxylation is 1. The van der Waals surface area contributed by atoms with Crippen LogP contribution in [0.1, 0.15) is 27.2 Å². The molecule has 1 aliphatic carbocycles. The molecular weight excluding hydrogens is 356 g/mol. The molecule has 2 aromatic rings. The summed E-state index contributed by atoms with van der Waals surface area (Å²) in [6.45, 7) is 4.73. The van der Waals surface area contributed by atoms with E-state index in [1.807, 2.05) is 0 Å². The highest BCUT2D eigenvalue weighted by Gasteiger charge is 2.63. The van der Waals surface area contributed by atoms with Gasteiger partial charge in [0.15, 0.2) is 11.2 Å². The zero-order valence-corrected chi connectivity index (χ0v) is 15.5. The van der Waals surface area contributed by atoms with Gasteiger partial charge in [-0.3, -0.25) is 23.9 Å². The molecule has 1 fully saturated rings. The van der Waals surface area contributed by atoms with Gasteiger partial charge in [-0.2, -0.15) is 0 Å². The number of nitrogens with zero attached hydrogens (tertiary/aromatic N) is 3. The van der Waals surface area contributed by atoms with Crippen molar-refractivity contribution in [1.29, 1.82) is 0 Å². The van der Waals surface area contributed by atoms with Gasteiger partial charge in [0, 0.05) is 13.6 Å². The molecule has 1 aliphatic rings. The molecule has 1 saturated carbocycles. The molecule has 2 aromatic heterocycles. The quantitative estimate of drug-likeness (QED) is 0.691. The fraction of sp³-hybridized carbons (Fsp3) is 0.588. The van der Waals surface area contributed by atoms with Crippen molar-refractivity contribution in [3.05, 3.63) is 27.2 Å². The zero-order valence-electron chi connectivity index (χ0n) is 15.5. The Hall–Kier alpha value is -2.91. The molecule has 0 amide bonds. The molecule has 0 bridgehead atoms. The fourth-order valence-electron chi connectivity index (χ4n) is 4.41. The van der Waals surface area contributed by atoms with Crippen LogP contribution in [-0.4, -0.2) is 41.3 Å². The smallest absolute Gasteiger partial charge is 0.330 e. The highest BCUT2D eigenvalue weighted by molar-refractivity contribution is 5.80. The van der Waals surface area contributed by atoms with Crippen LogP contribution in [0, 0.1) is 22.7 Å². The number of aromatic amines is 1. The van der Waals surface area contributed by atoms with Crippen molar-refractivity contribution in [2.24, 2.45) is 29.7 Å². The summed E-state index contributed by atoms with van der Waals surface area (Å²) in [5, 5.41) is 19.5. The number of hydrogen-bond acceptors (Lipinski definition) is 5. The van der Waals surface area contributed by atoms with Gasteiger partial charge in [-0.1, -0.05) is 13.8 Å². The molecule has 0 aliphatic heterocycles. The minimum Gasteiger partial charge on any atom is -0.481 e. The molecule has 0 spiro atoms. The van der Waals surface area contributed by atoms with Gasteiger partial charge in [0.2, 0.25) is 0 Å². The number of imidazole rings is 1. The number of aromatic nitrogens is 4. The summed E-state index contributed by atoms with van der Waals surface area (Å²) < 4.78 is 2.70. The topological polar surface area (TPSA) is 147 Å². The van der Waals surface area contributed by atoms with Gasteiger partial charge >= 0.3 is 17.6 Å². The lowest BCUT2D eigenvalue weighted by Crippen LogP contribution is -2.47. The minimum atomic E-state index is -1.38. The minimum absolute atomic E-state index is 0.0564. The summed E-state index contributed by atoms with van der Waals surface area (Å²) in [6.07, 6.45) is 1.50. The van der Waals surface area contributed by atoms with E-state index in [4.69, 9.17) is 0 Å². The third-order valence-corrected chi connectivity index (χ3v) is 6.55. The number of H-pyrrole nitrogens is 1. The lowest BCUT2D eigenvalue weighted by molar-refractivity contribution is -0.160. The Kier molecular flexibility index (Phi) is 4.05. The van der Waals surface area contributed by atoms with E-state index >= 15 is 0 Å². The second-order valence-electron chi connectivity index (χ2n) is 7.95. The molecule has 2 heterocycles. The van der Waals surface area contributed by atoms with Crippen LogP contribution in [0.3, 0.4) is 0 Å². The Balaban J connectivity index is 2.17. The van der Waals surface area contributed by atoms with Gasteiger partial charge in [0.25, 0.3) is 5.56 Å². The Morgan fingerprint density at radius 3 is 2.48 bits per heavy atom. The van der Waals surface area contributed by atoms with E-state index in [2.05, 4.69) is 9.97 Å². The van der Waals surface area contributed by atoms with Crippen molar-refractivity contribution in [3.8, 4) is 0 Å². The summed E-state index contributed by atoms with van der Waals surface area (Å²) in [7, 11) is 1.61. The highest BCUT2D eigenvalue weighted by atomic mass is 16.4.